The molecule has 0 aliphatic heterocycles. The topological polar surface area (TPSA) is 55.1 Å². The van der Waals surface area contributed by atoms with Gasteiger partial charge in [-0.2, -0.15) is 5.10 Å². The van der Waals surface area contributed by atoms with Crippen molar-refractivity contribution in [2.75, 3.05) is 0 Å². The summed E-state index contributed by atoms with van der Waals surface area (Å²) in [6.45, 7) is 5.61. The van der Waals surface area contributed by atoms with Crippen molar-refractivity contribution in [1.82, 2.24) is 9.78 Å². The Labute approximate surface area is 70.8 Å². The molecule has 0 aromatic carbocycles. The Morgan fingerprint density at radius 2 is 2.17 bits per heavy atom. The maximum atomic E-state index is 10.4. The van der Waals surface area contributed by atoms with Gasteiger partial charge in [-0.25, -0.2) is 0 Å². The first-order chi connectivity index (χ1) is 5.57. The lowest BCUT2D eigenvalue weighted by Gasteiger charge is -2.06. The smallest absolute Gasteiger partial charge is 0.174 e. The molecule has 0 atom stereocenters. The highest BCUT2D eigenvalue weighted by Crippen LogP contribution is 2.22. The first-order valence-corrected chi connectivity index (χ1v) is 3.81. The van der Waals surface area contributed by atoms with Crippen LogP contribution in [0.5, 0.6) is 5.75 Å². The Kier molecular flexibility index (Phi) is 2.17. The third kappa shape index (κ3) is 1.20. The average molecular weight is 168 g/mol. The molecule has 0 saturated heterocycles. The fourth-order valence-electron chi connectivity index (χ4n) is 1.11. The summed E-state index contributed by atoms with van der Waals surface area (Å²) in [5.74, 6) is -0.0151. The molecule has 0 fully saturated rings. The summed E-state index contributed by atoms with van der Waals surface area (Å²) in [5.41, 5.74) is 0.744. The number of carbonyl (C=O) groups is 1. The van der Waals surface area contributed by atoms with Crippen LogP contribution >= 0.6 is 0 Å². The Morgan fingerprint density at radius 1 is 1.58 bits per heavy atom. The third-order valence-electron chi connectivity index (χ3n) is 1.75. The maximum Gasteiger partial charge on any atom is 0.174 e. The second-order valence-corrected chi connectivity index (χ2v) is 2.98. The quantitative estimate of drug-likeness (QED) is 0.677. The minimum Gasteiger partial charge on any atom is -0.504 e. The summed E-state index contributed by atoms with van der Waals surface area (Å²) in [5, 5.41) is 13.3. The summed E-state index contributed by atoms with van der Waals surface area (Å²) in [7, 11) is 0. The van der Waals surface area contributed by atoms with E-state index in [0.717, 1.165) is 0 Å². The van der Waals surface area contributed by atoms with Crippen molar-refractivity contribution < 1.29 is 9.90 Å². The highest BCUT2D eigenvalue weighted by molar-refractivity contribution is 5.76. The van der Waals surface area contributed by atoms with Crippen molar-refractivity contribution in [3.8, 4) is 5.75 Å². The summed E-state index contributed by atoms with van der Waals surface area (Å²) >= 11 is 0. The van der Waals surface area contributed by atoms with Gasteiger partial charge in [-0.3, -0.25) is 9.48 Å². The molecule has 4 nitrogen and oxygen atoms in total. The van der Waals surface area contributed by atoms with E-state index in [9.17, 15) is 9.90 Å². The summed E-state index contributed by atoms with van der Waals surface area (Å²) in [4.78, 5) is 10.4. The zero-order valence-electron chi connectivity index (χ0n) is 7.40. The predicted octanol–water partition coefficient (Wildman–Crippen LogP) is 1.29. The molecule has 4 heteroatoms. The third-order valence-corrected chi connectivity index (χ3v) is 1.75. The van der Waals surface area contributed by atoms with E-state index in [-0.39, 0.29) is 17.5 Å². The second-order valence-electron chi connectivity index (χ2n) is 2.98. The summed E-state index contributed by atoms with van der Waals surface area (Å²) < 4.78 is 1.62. The van der Waals surface area contributed by atoms with Crippen LogP contribution in [0.3, 0.4) is 0 Å². The van der Waals surface area contributed by atoms with Crippen molar-refractivity contribution in [2.45, 2.75) is 26.8 Å². The van der Waals surface area contributed by atoms with Crippen molar-refractivity contribution in [3.63, 3.8) is 0 Å². The van der Waals surface area contributed by atoms with Crippen molar-refractivity contribution in [2.24, 2.45) is 0 Å². The number of rotatable bonds is 2. The second kappa shape index (κ2) is 2.97. The fourth-order valence-corrected chi connectivity index (χ4v) is 1.11. The van der Waals surface area contributed by atoms with Crippen LogP contribution < -0.4 is 0 Å². The van der Waals surface area contributed by atoms with Crippen molar-refractivity contribution >= 4 is 6.29 Å². The lowest BCUT2D eigenvalue weighted by atomic mass is 10.3. The SMILES string of the molecule is Cc1c(O)c(C=O)nn1C(C)C. The largest absolute Gasteiger partial charge is 0.504 e. The van der Waals surface area contributed by atoms with E-state index >= 15 is 0 Å². The molecule has 1 aromatic rings. The molecule has 0 radical (unpaired) electrons. The van der Waals surface area contributed by atoms with E-state index in [1.54, 1.807) is 11.6 Å². The number of hydrogen-bond donors (Lipinski definition) is 1. The molecule has 0 unspecified atom stereocenters. The van der Waals surface area contributed by atoms with Crippen LogP contribution in [0.1, 0.15) is 36.1 Å². The van der Waals surface area contributed by atoms with Crippen LogP contribution in [0, 0.1) is 6.92 Å². The fraction of sp³-hybridized carbons (Fsp3) is 0.500. The monoisotopic (exact) mass is 168 g/mol. The van der Waals surface area contributed by atoms with Gasteiger partial charge in [0.2, 0.25) is 0 Å². The number of carbonyl (C=O) groups excluding carboxylic acids is 1. The number of aromatic nitrogens is 2. The van der Waals surface area contributed by atoms with Gasteiger partial charge in [-0.1, -0.05) is 0 Å². The van der Waals surface area contributed by atoms with Gasteiger partial charge in [0, 0.05) is 6.04 Å². The summed E-state index contributed by atoms with van der Waals surface area (Å²) in [6, 6.07) is 0.157. The first-order valence-electron chi connectivity index (χ1n) is 3.81. The van der Waals surface area contributed by atoms with Gasteiger partial charge in [0.15, 0.2) is 17.7 Å². The zero-order valence-corrected chi connectivity index (χ0v) is 7.40. The molecular weight excluding hydrogens is 156 g/mol. The average Bonchev–Trinajstić information content (AvgIpc) is 2.30. The van der Waals surface area contributed by atoms with Crippen LogP contribution in [0.15, 0.2) is 0 Å². The summed E-state index contributed by atoms with van der Waals surface area (Å²) in [6.07, 6.45) is 0.557. The maximum absolute atomic E-state index is 10.4. The Hall–Kier alpha value is -1.32. The van der Waals surface area contributed by atoms with Crippen LogP contribution in [-0.4, -0.2) is 21.2 Å². The number of nitrogens with zero attached hydrogens (tertiary/aromatic N) is 2. The highest BCUT2D eigenvalue weighted by Gasteiger charge is 2.13. The molecule has 12 heavy (non-hydrogen) atoms. The Morgan fingerprint density at radius 3 is 2.42 bits per heavy atom. The van der Waals surface area contributed by atoms with Gasteiger partial charge in [0.25, 0.3) is 0 Å². The van der Waals surface area contributed by atoms with E-state index in [1.807, 2.05) is 13.8 Å². The molecule has 0 aliphatic carbocycles. The lowest BCUT2D eigenvalue weighted by molar-refractivity contribution is 0.111. The van der Waals surface area contributed by atoms with Gasteiger partial charge in [0.05, 0.1) is 5.69 Å². The van der Waals surface area contributed by atoms with Gasteiger partial charge >= 0.3 is 0 Å². The van der Waals surface area contributed by atoms with Crippen LogP contribution in [0.25, 0.3) is 0 Å². The van der Waals surface area contributed by atoms with Crippen molar-refractivity contribution in [3.05, 3.63) is 11.4 Å². The van der Waals surface area contributed by atoms with E-state index in [4.69, 9.17) is 0 Å². The molecule has 66 valence electrons. The molecule has 0 spiro atoms. The lowest BCUT2D eigenvalue weighted by Crippen LogP contribution is -2.04. The van der Waals surface area contributed by atoms with Gasteiger partial charge in [0.1, 0.15) is 0 Å². The van der Waals surface area contributed by atoms with Crippen LogP contribution in [0.2, 0.25) is 0 Å². The molecule has 1 heterocycles. The predicted molar refractivity (Wildman–Crippen MR) is 44.4 cm³/mol. The molecule has 0 saturated carbocycles. The van der Waals surface area contributed by atoms with E-state index in [2.05, 4.69) is 5.10 Å². The Balaban J connectivity index is 3.24. The van der Waals surface area contributed by atoms with Crippen molar-refractivity contribution in [1.29, 1.82) is 0 Å². The zero-order chi connectivity index (χ0) is 9.30. The van der Waals surface area contributed by atoms with Gasteiger partial charge < -0.3 is 5.11 Å². The molecular formula is C8H12N2O2. The van der Waals surface area contributed by atoms with Crippen LogP contribution in [-0.2, 0) is 0 Å². The normalized spacial score (nSPS) is 10.7. The molecule has 1 aromatic heterocycles. The molecule has 1 rings (SSSR count). The van der Waals surface area contributed by atoms with E-state index in [0.29, 0.717) is 12.0 Å². The number of aromatic hydroxyl groups is 1. The molecule has 0 bridgehead atoms. The molecule has 0 amide bonds. The van der Waals surface area contributed by atoms with E-state index < -0.39 is 0 Å². The molecule has 0 aliphatic rings. The minimum atomic E-state index is -0.0151. The van der Waals surface area contributed by atoms with E-state index in [1.165, 1.54) is 0 Å². The number of aldehydes is 1. The Bertz CT molecular complexity index is 302. The number of hydrogen-bond acceptors (Lipinski definition) is 3. The first kappa shape index (κ1) is 8.77. The highest BCUT2D eigenvalue weighted by atomic mass is 16.3. The van der Waals surface area contributed by atoms with Crippen LogP contribution in [0.4, 0.5) is 0 Å². The standard InChI is InChI=1S/C8H12N2O2/c1-5(2)10-6(3)8(12)7(4-11)9-10/h4-5,12H,1-3H3. The minimum absolute atomic E-state index is 0.0151. The molecule has 1 N–H and O–H groups in total. The van der Waals surface area contributed by atoms with Gasteiger partial charge in [-0.15, -0.1) is 0 Å². The van der Waals surface area contributed by atoms with Gasteiger partial charge in [-0.05, 0) is 20.8 Å².